The van der Waals surface area contributed by atoms with Gasteiger partial charge in [-0.2, -0.15) is 0 Å². The van der Waals surface area contributed by atoms with Crippen molar-refractivity contribution in [1.29, 1.82) is 0 Å². The van der Waals surface area contributed by atoms with Crippen LogP contribution in [0.2, 0.25) is 0 Å². The molecule has 0 heterocycles. The van der Waals surface area contributed by atoms with Crippen molar-refractivity contribution in [3.8, 4) is 5.75 Å². The minimum absolute atomic E-state index is 0.104. The first-order chi connectivity index (χ1) is 8.94. The molecule has 1 rings (SSSR count). The van der Waals surface area contributed by atoms with Gasteiger partial charge in [0.15, 0.2) is 0 Å². The average molecular weight is 287 g/mol. The van der Waals surface area contributed by atoms with Crippen molar-refractivity contribution in [2.75, 3.05) is 13.2 Å². The van der Waals surface area contributed by atoms with Crippen molar-refractivity contribution in [2.45, 2.75) is 38.1 Å². The number of nitrogens with one attached hydrogen (secondary N) is 1. The normalized spacial score (nSPS) is 13.3. The van der Waals surface area contributed by atoms with Gasteiger partial charge in [-0.15, -0.1) is 0 Å². The molecular weight excluding hydrogens is 266 g/mol. The summed E-state index contributed by atoms with van der Waals surface area (Å²) in [5.74, 6) is 0.336. The number of rotatable bonds is 7. The molecule has 6 heteroatoms. The smallest absolute Gasteiger partial charge is 0.244 e. The van der Waals surface area contributed by atoms with Gasteiger partial charge in [0.05, 0.1) is 13.2 Å². The van der Waals surface area contributed by atoms with Crippen molar-refractivity contribution >= 4 is 10.0 Å². The van der Waals surface area contributed by atoms with Crippen LogP contribution in [0.5, 0.6) is 5.75 Å². The molecule has 108 valence electrons. The highest BCUT2D eigenvalue weighted by molar-refractivity contribution is 7.89. The summed E-state index contributed by atoms with van der Waals surface area (Å²) < 4.78 is 32.4. The first-order valence-corrected chi connectivity index (χ1v) is 7.79. The molecule has 1 aromatic carbocycles. The molecule has 0 amide bonds. The highest BCUT2D eigenvalue weighted by Crippen LogP contribution is 2.25. The number of aliphatic hydroxyl groups is 1. The molecule has 0 radical (unpaired) electrons. The van der Waals surface area contributed by atoms with E-state index in [0.29, 0.717) is 18.8 Å². The average Bonchev–Trinajstić information content (AvgIpc) is 2.36. The number of hydrogen-bond donors (Lipinski definition) is 2. The summed E-state index contributed by atoms with van der Waals surface area (Å²) in [5.41, 5.74) is 0.927. The Bertz CT molecular complexity index is 509. The molecule has 1 aromatic rings. The third-order valence-corrected chi connectivity index (χ3v) is 4.28. The summed E-state index contributed by atoms with van der Waals surface area (Å²) in [6, 6.07) is 4.45. The lowest BCUT2D eigenvalue weighted by atomic mass is 10.2. The van der Waals surface area contributed by atoms with Gasteiger partial charge in [-0.1, -0.05) is 13.0 Å². The molecule has 0 aliphatic rings. The third-order valence-electron chi connectivity index (χ3n) is 2.72. The molecule has 0 aromatic heterocycles. The standard InChI is InChI=1S/C13H21NO4S/c1-4-11(9-15)14-19(16,17)13-7-6-10(3)8-12(13)18-5-2/h6-8,11,14-15H,4-5,9H2,1-3H3. The molecule has 2 N–H and O–H groups in total. The molecule has 0 bridgehead atoms. The molecule has 0 aliphatic heterocycles. The fourth-order valence-electron chi connectivity index (χ4n) is 1.64. The van der Waals surface area contributed by atoms with E-state index in [0.717, 1.165) is 5.56 Å². The maximum absolute atomic E-state index is 12.3. The van der Waals surface area contributed by atoms with Crippen LogP contribution in [0, 0.1) is 6.92 Å². The number of benzene rings is 1. The Balaban J connectivity index is 3.13. The number of hydrogen-bond acceptors (Lipinski definition) is 4. The second kappa shape index (κ2) is 6.88. The lowest BCUT2D eigenvalue weighted by Gasteiger charge is -2.16. The molecule has 19 heavy (non-hydrogen) atoms. The van der Waals surface area contributed by atoms with Crippen molar-refractivity contribution in [2.24, 2.45) is 0 Å². The van der Waals surface area contributed by atoms with Crippen LogP contribution in [0.1, 0.15) is 25.8 Å². The van der Waals surface area contributed by atoms with E-state index in [4.69, 9.17) is 9.84 Å². The molecule has 0 fully saturated rings. The van der Waals surface area contributed by atoms with Gasteiger partial charge in [-0.3, -0.25) is 0 Å². The molecule has 0 spiro atoms. The van der Waals surface area contributed by atoms with Gasteiger partial charge >= 0.3 is 0 Å². The largest absolute Gasteiger partial charge is 0.492 e. The summed E-state index contributed by atoms with van der Waals surface area (Å²) >= 11 is 0. The van der Waals surface area contributed by atoms with Gasteiger partial charge in [0, 0.05) is 6.04 Å². The predicted molar refractivity (Wildman–Crippen MR) is 73.8 cm³/mol. The van der Waals surface area contributed by atoms with E-state index >= 15 is 0 Å². The maximum atomic E-state index is 12.3. The second-order valence-electron chi connectivity index (χ2n) is 4.29. The Morgan fingerprint density at radius 1 is 1.37 bits per heavy atom. The zero-order chi connectivity index (χ0) is 14.5. The predicted octanol–water partition coefficient (Wildman–Crippen LogP) is 1.44. The van der Waals surface area contributed by atoms with Gasteiger partial charge in [0.2, 0.25) is 10.0 Å². The number of aryl methyl sites for hydroxylation is 1. The first kappa shape index (κ1) is 15.9. The van der Waals surface area contributed by atoms with E-state index in [9.17, 15) is 8.42 Å². The Morgan fingerprint density at radius 3 is 2.58 bits per heavy atom. The molecule has 1 atom stereocenters. The van der Waals surface area contributed by atoms with Crippen LogP contribution < -0.4 is 9.46 Å². The van der Waals surface area contributed by atoms with Crippen molar-refractivity contribution in [1.82, 2.24) is 4.72 Å². The van der Waals surface area contributed by atoms with Crippen molar-refractivity contribution in [3.05, 3.63) is 23.8 Å². The minimum Gasteiger partial charge on any atom is -0.492 e. The third kappa shape index (κ3) is 4.19. The van der Waals surface area contributed by atoms with E-state index in [1.165, 1.54) is 6.07 Å². The van der Waals surface area contributed by atoms with E-state index in [2.05, 4.69) is 4.72 Å². The maximum Gasteiger partial charge on any atom is 0.244 e. The van der Waals surface area contributed by atoms with Gasteiger partial charge in [0.25, 0.3) is 0 Å². The molecule has 0 saturated carbocycles. The van der Waals surface area contributed by atoms with Crippen LogP contribution in [-0.2, 0) is 10.0 Å². The Morgan fingerprint density at radius 2 is 2.05 bits per heavy atom. The quantitative estimate of drug-likeness (QED) is 0.795. The lowest BCUT2D eigenvalue weighted by Crippen LogP contribution is -2.37. The first-order valence-electron chi connectivity index (χ1n) is 6.31. The van der Waals surface area contributed by atoms with Crippen LogP contribution >= 0.6 is 0 Å². The SMILES string of the molecule is CCOc1cc(C)ccc1S(=O)(=O)NC(CC)CO. The summed E-state index contributed by atoms with van der Waals surface area (Å²) in [4.78, 5) is 0.104. The zero-order valence-corrected chi connectivity index (χ0v) is 12.3. The summed E-state index contributed by atoms with van der Waals surface area (Å²) in [5, 5.41) is 9.09. The van der Waals surface area contributed by atoms with Crippen LogP contribution in [0.25, 0.3) is 0 Å². The van der Waals surface area contributed by atoms with Crippen LogP contribution in [0.3, 0.4) is 0 Å². The zero-order valence-electron chi connectivity index (χ0n) is 11.5. The molecule has 0 aliphatic carbocycles. The van der Waals surface area contributed by atoms with Gasteiger partial charge in [-0.05, 0) is 38.0 Å². The highest BCUT2D eigenvalue weighted by Gasteiger charge is 2.22. The fourth-order valence-corrected chi connectivity index (χ4v) is 3.08. The lowest BCUT2D eigenvalue weighted by molar-refractivity contribution is 0.253. The van der Waals surface area contributed by atoms with E-state index in [1.54, 1.807) is 19.1 Å². The summed E-state index contributed by atoms with van der Waals surface area (Å²) in [6.45, 7) is 5.64. The Labute approximate surface area is 114 Å². The van der Waals surface area contributed by atoms with Gasteiger partial charge in [0.1, 0.15) is 10.6 Å². The number of sulfonamides is 1. The monoisotopic (exact) mass is 287 g/mol. The molecule has 0 saturated heterocycles. The Kier molecular flexibility index (Phi) is 5.78. The van der Waals surface area contributed by atoms with Crippen molar-refractivity contribution in [3.63, 3.8) is 0 Å². The number of ether oxygens (including phenoxy) is 1. The van der Waals surface area contributed by atoms with Gasteiger partial charge < -0.3 is 9.84 Å². The molecule has 1 unspecified atom stereocenters. The van der Waals surface area contributed by atoms with Crippen LogP contribution in [0.4, 0.5) is 0 Å². The van der Waals surface area contributed by atoms with Crippen molar-refractivity contribution < 1.29 is 18.3 Å². The van der Waals surface area contributed by atoms with E-state index in [-0.39, 0.29) is 11.5 Å². The fraction of sp³-hybridized carbons (Fsp3) is 0.538. The topological polar surface area (TPSA) is 75.6 Å². The minimum atomic E-state index is -3.69. The van der Waals surface area contributed by atoms with Crippen LogP contribution in [-0.4, -0.2) is 32.8 Å². The Hall–Kier alpha value is -1.11. The van der Waals surface area contributed by atoms with Gasteiger partial charge in [-0.25, -0.2) is 13.1 Å². The van der Waals surface area contributed by atoms with E-state index in [1.807, 2.05) is 13.8 Å². The second-order valence-corrected chi connectivity index (χ2v) is 5.97. The molecule has 5 nitrogen and oxygen atoms in total. The molecular formula is C13H21NO4S. The van der Waals surface area contributed by atoms with E-state index < -0.39 is 16.1 Å². The summed E-state index contributed by atoms with van der Waals surface area (Å²) in [6.07, 6.45) is 0.519. The number of aliphatic hydroxyl groups excluding tert-OH is 1. The van der Waals surface area contributed by atoms with Crippen LogP contribution in [0.15, 0.2) is 23.1 Å². The highest BCUT2D eigenvalue weighted by atomic mass is 32.2. The summed E-state index contributed by atoms with van der Waals surface area (Å²) in [7, 11) is -3.69.